The first kappa shape index (κ1) is 15.7. The molecular formula is C16H26N2O. The number of aryl methyl sites for hydroxylation is 2. The van der Waals surface area contributed by atoms with E-state index in [0.717, 1.165) is 6.54 Å². The van der Waals surface area contributed by atoms with Gasteiger partial charge >= 0.3 is 0 Å². The molecule has 1 aromatic carbocycles. The molecule has 0 saturated carbocycles. The van der Waals surface area contributed by atoms with Gasteiger partial charge in [0, 0.05) is 25.0 Å². The van der Waals surface area contributed by atoms with Crippen LogP contribution in [-0.2, 0) is 11.3 Å². The van der Waals surface area contributed by atoms with Crippen molar-refractivity contribution in [2.24, 2.45) is 0 Å². The average Bonchev–Trinajstić information content (AvgIpc) is 2.24. The molecule has 1 rings (SSSR count). The number of benzene rings is 1. The third-order valence-electron chi connectivity index (χ3n) is 2.86. The summed E-state index contributed by atoms with van der Waals surface area (Å²) in [6, 6.07) is 6.45. The van der Waals surface area contributed by atoms with Crippen molar-refractivity contribution in [1.82, 2.24) is 10.6 Å². The lowest BCUT2D eigenvalue weighted by atomic mass is 10.1. The van der Waals surface area contributed by atoms with E-state index < -0.39 is 0 Å². The van der Waals surface area contributed by atoms with Crippen molar-refractivity contribution in [2.75, 3.05) is 6.54 Å². The van der Waals surface area contributed by atoms with Crippen molar-refractivity contribution < 1.29 is 4.79 Å². The van der Waals surface area contributed by atoms with Gasteiger partial charge in [-0.25, -0.2) is 0 Å². The molecule has 1 aromatic rings. The molecule has 0 aromatic heterocycles. The van der Waals surface area contributed by atoms with Crippen molar-refractivity contribution >= 4 is 5.91 Å². The predicted octanol–water partition coefficient (Wildman–Crippen LogP) is 2.70. The van der Waals surface area contributed by atoms with Crippen LogP contribution in [-0.4, -0.2) is 18.0 Å². The van der Waals surface area contributed by atoms with Crippen LogP contribution in [0.5, 0.6) is 0 Å². The monoisotopic (exact) mass is 262 g/mol. The fraction of sp³-hybridized carbons (Fsp3) is 0.562. The summed E-state index contributed by atoms with van der Waals surface area (Å²) < 4.78 is 0. The summed E-state index contributed by atoms with van der Waals surface area (Å²) in [7, 11) is 0. The Morgan fingerprint density at radius 3 is 2.47 bits per heavy atom. The van der Waals surface area contributed by atoms with Crippen LogP contribution in [0.1, 0.15) is 43.9 Å². The zero-order valence-corrected chi connectivity index (χ0v) is 12.8. The first-order valence-corrected chi connectivity index (χ1v) is 6.86. The second-order valence-electron chi connectivity index (χ2n) is 6.15. The lowest BCUT2D eigenvalue weighted by Gasteiger charge is -2.20. The van der Waals surface area contributed by atoms with Gasteiger partial charge in [0.15, 0.2) is 0 Å². The molecule has 19 heavy (non-hydrogen) atoms. The van der Waals surface area contributed by atoms with Crippen molar-refractivity contribution in [3.63, 3.8) is 0 Å². The van der Waals surface area contributed by atoms with E-state index in [2.05, 4.69) is 42.7 Å². The summed E-state index contributed by atoms with van der Waals surface area (Å²) in [4.78, 5) is 11.6. The Bertz CT molecular complexity index is 433. The quantitative estimate of drug-likeness (QED) is 0.801. The van der Waals surface area contributed by atoms with Crippen LogP contribution in [0.2, 0.25) is 0 Å². The molecular weight excluding hydrogens is 236 g/mol. The van der Waals surface area contributed by atoms with Crippen LogP contribution >= 0.6 is 0 Å². The standard InChI is InChI=1S/C16H26N2O/c1-12-6-7-14(13(2)10-12)11-17-9-8-15(19)18-16(3,4)5/h6-7,10,17H,8-9,11H2,1-5H3,(H,18,19). The number of rotatable bonds is 5. The molecule has 0 atom stereocenters. The molecule has 0 radical (unpaired) electrons. The predicted molar refractivity (Wildman–Crippen MR) is 80.1 cm³/mol. The van der Waals surface area contributed by atoms with Crippen LogP contribution in [0.3, 0.4) is 0 Å². The van der Waals surface area contributed by atoms with E-state index in [0.29, 0.717) is 13.0 Å². The Balaban J connectivity index is 2.29. The summed E-state index contributed by atoms with van der Waals surface area (Å²) >= 11 is 0. The lowest BCUT2D eigenvalue weighted by Crippen LogP contribution is -2.41. The fourth-order valence-corrected chi connectivity index (χ4v) is 1.95. The zero-order chi connectivity index (χ0) is 14.5. The van der Waals surface area contributed by atoms with Gasteiger partial charge in [0.1, 0.15) is 0 Å². The van der Waals surface area contributed by atoms with E-state index in [4.69, 9.17) is 0 Å². The maximum atomic E-state index is 11.6. The molecule has 0 aliphatic heterocycles. The Labute approximate surface area is 116 Å². The van der Waals surface area contributed by atoms with Gasteiger partial charge in [-0.2, -0.15) is 0 Å². The van der Waals surface area contributed by atoms with Gasteiger partial charge in [-0.05, 0) is 45.7 Å². The molecule has 0 bridgehead atoms. The minimum Gasteiger partial charge on any atom is -0.351 e. The molecule has 0 heterocycles. The molecule has 3 nitrogen and oxygen atoms in total. The third-order valence-corrected chi connectivity index (χ3v) is 2.86. The number of carbonyl (C=O) groups is 1. The number of nitrogens with one attached hydrogen (secondary N) is 2. The number of amides is 1. The Kier molecular flexibility index (Phi) is 5.55. The molecule has 0 fully saturated rings. The van der Waals surface area contributed by atoms with Gasteiger partial charge in [-0.15, -0.1) is 0 Å². The minimum absolute atomic E-state index is 0.0978. The van der Waals surface area contributed by atoms with Crippen molar-refractivity contribution in [2.45, 2.75) is 53.1 Å². The van der Waals surface area contributed by atoms with Crippen molar-refractivity contribution in [3.8, 4) is 0 Å². The number of carbonyl (C=O) groups excluding carboxylic acids is 1. The van der Waals surface area contributed by atoms with Crippen LogP contribution in [0, 0.1) is 13.8 Å². The van der Waals surface area contributed by atoms with E-state index in [1.54, 1.807) is 0 Å². The zero-order valence-electron chi connectivity index (χ0n) is 12.8. The largest absolute Gasteiger partial charge is 0.351 e. The lowest BCUT2D eigenvalue weighted by molar-refractivity contribution is -0.122. The van der Waals surface area contributed by atoms with E-state index in [1.807, 2.05) is 20.8 Å². The highest BCUT2D eigenvalue weighted by atomic mass is 16.1. The molecule has 1 amide bonds. The Hall–Kier alpha value is -1.35. The summed E-state index contributed by atoms with van der Waals surface area (Å²) in [5.74, 6) is 0.0978. The second-order valence-corrected chi connectivity index (χ2v) is 6.15. The van der Waals surface area contributed by atoms with Gasteiger partial charge < -0.3 is 10.6 Å². The first-order valence-electron chi connectivity index (χ1n) is 6.86. The van der Waals surface area contributed by atoms with E-state index >= 15 is 0 Å². The van der Waals surface area contributed by atoms with Crippen molar-refractivity contribution in [3.05, 3.63) is 34.9 Å². The fourth-order valence-electron chi connectivity index (χ4n) is 1.95. The SMILES string of the molecule is Cc1ccc(CNCCC(=O)NC(C)(C)C)c(C)c1. The van der Waals surface area contributed by atoms with Crippen LogP contribution in [0.4, 0.5) is 0 Å². The summed E-state index contributed by atoms with van der Waals surface area (Å²) in [6.45, 7) is 11.7. The normalized spacial score (nSPS) is 11.4. The van der Waals surface area contributed by atoms with E-state index in [1.165, 1.54) is 16.7 Å². The molecule has 0 saturated heterocycles. The average molecular weight is 262 g/mol. The number of hydrogen-bond acceptors (Lipinski definition) is 2. The third kappa shape index (κ3) is 6.39. The van der Waals surface area contributed by atoms with Crippen LogP contribution in [0.15, 0.2) is 18.2 Å². The van der Waals surface area contributed by atoms with Gasteiger partial charge in [-0.1, -0.05) is 23.8 Å². The van der Waals surface area contributed by atoms with Crippen LogP contribution < -0.4 is 10.6 Å². The van der Waals surface area contributed by atoms with Gasteiger partial charge in [0.05, 0.1) is 0 Å². The molecule has 0 unspecified atom stereocenters. The number of hydrogen-bond donors (Lipinski definition) is 2. The van der Waals surface area contributed by atoms with Gasteiger partial charge in [0.25, 0.3) is 0 Å². The van der Waals surface area contributed by atoms with Crippen molar-refractivity contribution in [1.29, 1.82) is 0 Å². The molecule has 106 valence electrons. The maximum absolute atomic E-state index is 11.6. The maximum Gasteiger partial charge on any atom is 0.221 e. The first-order chi connectivity index (χ1) is 8.78. The summed E-state index contributed by atoms with van der Waals surface area (Å²) in [6.07, 6.45) is 0.516. The van der Waals surface area contributed by atoms with Gasteiger partial charge in [0.2, 0.25) is 5.91 Å². The molecule has 0 aliphatic rings. The minimum atomic E-state index is -0.148. The highest BCUT2D eigenvalue weighted by Gasteiger charge is 2.12. The topological polar surface area (TPSA) is 41.1 Å². The summed E-state index contributed by atoms with van der Waals surface area (Å²) in [5.41, 5.74) is 3.73. The van der Waals surface area contributed by atoms with E-state index in [-0.39, 0.29) is 11.4 Å². The second kappa shape index (κ2) is 6.71. The van der Waals surface area contributed by atoms with Gasteiger partial charge in [-0.3, -0.25) is 4.79 Å². The Morgan fingerprint density at radius 2 is 1.89 bits per heavy atom. The molecule has 0 aliphatic carbocycles. The highest BCUT2D eigenvalue weighted by molar-refractivity contribution is 5.76. The van der Waals surface area contributed by atoms with E-state index in [9.17, 15) is 4.79 Å². The molecule has 3 heteroatoms. The Morgan fingerprint density at radius 1 is 1.21 bits per heavy atom. The molecule has 2 N–H and O–H groups in total. The highest BCUT2D eigenvalue weighted by Crippen LogP contribution is 2.09. The summed E-state index contributed by atoms with van der Waals surface area (Å²) in [5, 5.41) is 6.28. The smallest absolute Gasteiger partial charge is 0.221 e. The van der Waals surface area contributed by atoms with Crippen LogP contribution in [0.25, 0.3) is 0 Å². The molecule has 0 spiro atoms.